The van der Waals surface area contributed by atoms with Crippen LogP contribution in [0.3, 0.4) is 0 Å². The van der Waals surface area contributed by atoms with Crippen molar-refractivity contribution in [2.75, 3.05) is 50.2 Å². The standard InChI is InChI=1S/C31H56N2O5/c1-28(2,3)23-26(29(4,5)6)27(35)36-21-17-33(25-13-11-24(32)12-14-25)18-22-38-31(9,10)16-20-37-30(7,8)15-19-34/h11-14,26,34H,15-23,32H2,1-10H3. The second kappa shape index (κ2) is 14.5. The van der Waals surface area contributed by atoms with Gasteiger partial charge in [0.1, 0.15) is 6.61 Å². The van der Waals surface area contributed by atoms with Gasteiger partial charge in [0.15, 0.2) is 0 Å². The van der Waals surface area contributed by atoms with Gasteiger partial charge >= 0.3 is 5.97 Å². The quantitative estimate of drug-likeness (QED) is 0.195. The van der Waals surface area contributed by atoms with Gasteiger partial charge in [-0.1, -0.05) is 41.5 Å². The smallest absolute Gasteiger partial charge is 0.309 e. The Labute approximate surface area is 232 Å². The van der Waals surface area contributed by atoms with Crippen molar-refractivity contribution in [1.29, 1.82) is 0 Å². The zero-order chi connectivity index (χ0) is 29.2. The first kappa shape index (κ1) is 34.2. The first-order valence-corrected chi connectivity index (χ1v) is 14.0. The molecule has 220 valence electrons. The highest BCUT2D eigenvalue weighted by Crippen LogP contribution is 2.36. The Morgan fingerprint density at radius 3 is 1.89 bits per heavy atom. The monoisotopic (exact) mass is 536 g/mol. The van der Waals surface area contributed by atoms with E-state index >= 15 is 0 Å². The Bertz CT molecular complexity index is 822. The van der Waals surface area contributed by atoms with E-state index in [4.69, 9.17) is 19.9 Å². The molecule has 3 N–H and O–H groups in total. The van der Waals surface area contributed by atoms with E-state index in [0.717, 1.165) is 18.5 Å². The van der Waals surface area contributed by atoms with Gasteiger partial charge < -0.3 is 30.0 Å². The third-order valence-electron chi connectivity index (χ3n) is 6.77. The molecule has 0 amide bonds. The molecule has 7 nitrogen and oxygen atoms in total. The Kier molecular flexibility index (Phi) is 13.1. The third-order valence-corrected chi connectivity index (χ3v) is 6.77. The van der Waals surface area contributed by atoms with Crippen molar-refractivity contribution in [2.24, 2.45) is 16.7 Å². The number of nitrogen functional groups attached to an aromatic ring is 1. The molecule has 1 aromatic carbocycles. The number of carbonyl (C=O) groups excluding carboxylic acids is 1. The van der Waals surface area contributed by atoms with Gasteiger partial charge in [0.05, 0.1) is 36.9 Å². The summed E-state index contributed by atoms with van der Waals surface area (Å²) in [5.41, 5.74) is 6.77. The summed E-state index contributed by atoms with van der Waals surface area (Å²) in [5, 5.41) is 9.19. The molecular formula is C31H56N2O5. The summed E-state index contributed by atoms with van der Waals surface area (Å²) in [4.78, 5) is 15.2. The van der Waals surface area contributed by atoms with Crippen molar-refractivity contribution < 1.29 is 24.1 Å². The lowest BCUT2D eigenvalue weighted by atomic mass is 9.72. The van der Waals surface area contributed by atoms with Gasteiger partial charge in [0, 0.05) is 24.5 Å². The van der Waals surface area contributed by atoms with Gasteiger partial charge in [-0.05, 0) is 82.1 Å². The summed E-state index contributed by atoms with van der Waals surface area (Å²) in [5.74, 6) is -0.299. The Hall–Kier alpha value is -1.83. The number of hydrogen-bond acceptors (Lipinski definition) is 7. The number of carbonyl (C=O) groups is 1. The molecule has 0 heterocycles. The second-order valence-corrected chi connectivity index (χ2v) is 13.9. The molecular weight excluding hydrogens is 480 g/mol. The maximum Gasteiger partial charge on any atom is 0.309 e. The van der Waals surface area contributed by atoms with Crippen LogP contribution in [0.2, 0.25) is 0 Å². The van der Waals surface area contributed by atoms with Gasteiger partial charge in [-0.2, -0.15) is 0 Å². The van der Waals surface area contributed by atoms with Crippen LogP contribution in [-0.2, 0) is 19.0 Å². The number of anilines is 2. The number of rotatable bonds is 16. The van der Waals surface area contributed by atoms with Gasteiger partial charge in [0.2, 0.25) is 0 Å². The number of benzene rings is 1. The van der Waals surface area contributed by atoms with Crippen LogP contribution in [0.25, 0.3) is 0 Å². The zero-order valence-corrected chi connectivity index (χ0v) is 25.9. The SMILES string of the molecule is CC(C)(C)CC(C(=O)OCCN(CCOC(C)(C)CCOC(C)(C)CCO)c1ccc(N)cc1)C(C)(C)C. The van der Waals surface area contributed by atoms with E-state index in [2.05, 4.69) is 60.3 Å². The minimum absolute atomic E-state index is 0.0384. The number of ether oxygens (including phenoxy) is 3. The Balaban J connectivity index is 2.74. The van der Waals surface area contributed by atoms with E-state index in [-0.39, 0.29) is 40.5 Å². The van der Waals surface area contributed by atoms with E-state index in [9.17, 15) is 9.90 Å². The molecule has 1 unspecified atom stereocenters. The van der Waals surface area contributed by atoms with E-state index in [1.165, 1.54) is 0 Å². The summed E-state index contributed by atoms with van der Waals surface area (Å²) < 4.78 is 18.0. The molecule has 0 aliphatic rings. The summed E-state index contributed by atoms with van der Waals surface area (Å²) in [6, 6.07) is 7.72. The molecule has 0 bridgehead atoms. The number of nitrogens with two attached hydrogens (primary N) is 1. The predicted molar refractivity (Wildman–Crippen MR) is 157 cm³/mol. The Morgan fingerprint density at radius 1 is 0.842 bits per heavy atom. The topological polar surface area (TPSA) is 94.2 Å². The minimum Gasteiger partial charge on any atom is -0.464 e. The highest BCUT2D eigenvalue weighted by molar-refractivity contribution is 5.73. The van der Waals surface area contributed by atoms with Crippen molar-refractivity contribution in [3.63, 3.8) is 0 Å². The maximum atomic E-state index is 13.1. The number of aliphatic hydroxyl groups excluding tert-OH is 1. The lowest BCUT2D eigenvalue weighted by Crippen LogP contribution is -2.37. The number of esters is 1. The molecule has 0 aromatic heterocycles. The number of hydrogen-bond donors (Lipinski definition) is 2. The number of aliphatic hydroxyl groups is 1. The van der Waals surface area contributed by atoms with E-state index < -0.39 is 0 Å². The molecule has 7 heteroatoms. The van der Waals surface area contributed by atoms with Crippen LogP contribution in [0.15, 0.2) is 24.3 Å². The summed E-state index contributed by atoms with van der Waals surface area (Å²) >= 11 is 0. The molecule has 0 spiro atoms. The van der Waals surface area contributed by atoms with E-state index in [1.807, 2.05) is 38.1 Å². The second-order valence-electron chi connectivity index (χ2n) is 13.9. The van der Waals surface area contributed by atoms with Crippen molar-refractivity contribution >= 4 is 17.3 Å². The zero-order valence-electron chi connectivity index (χ0n) is 25.9. The van der Waals surface area contributed by atoms with Crippen LogP contribution in [0.5, 0.6) is 0 Å². The van der Waals surface area contributed by atoms with Crippen LogP contribution < -0.4 is 10.6 Å². The first-order valence-electron chi connectivity index (χ1n) is 14.0. The fourth-order valence-corrected chi connectivity index (χ4v) is 4.19. The van der Waals surface area contributed by atoms with Crippen LogP contribution in [0.1, 0.15) is 88.5 Å². The molecule has 0 radical (unpaired) electrons. The van der Waals surface area contributed by atoms with E-state index in [1.54, 1.807) is 0 Å². The van der Waals surface area contributed by atoms with Gasteiger partial charge in [0.25, 0.3) is 0 Å². The predicted octanol–water partition coefficient (Wildman–Crippen LogP) is 6.08. The fourth-order valence-electron chi connectivity index (χ4n) is 4.19. The average Bonchev–Trinajstić information content (AvgIpc) is 2.75. The molecule has 0 fully saturated rings. The first-order chi connectivity index (χ1) is 17.4. The molecule has 1 aromatic rings. The summed E-state index contributed by atoms with van der Waals surface area (Å²) in [6.07, 6.45) is 2.12. The fraction of sp³-hybridized carbons (Fsp3) is 0.774. The summed E-state index contributed by atoms with van der Waals surface area (Å²) in [7, 11) is 0. The average molecular weight is 537 g/mol. The third kappa shape index (κ3) is 13.8. The largest absolute Gasteiger partial charge is 0.464 e. The number of nitrogens with zero attached hydrogens (tertiary/aromatic N) is 1. The lowest BCUT2D eigenvalue weighted by Gasteiger charge is -2.34. The van der Waals surface area contributed by atoms with Gasteiger partial charge in [-0.3, -0.25) is 4.79 Å². The molecule has 0 aliphatic heterocycles. The molecule has 0 aliphatic carbocycles. The molecule has 0 saturated carbocycles. The van der Waals surface area contributed by atoms with E-state index in [0.29, 0.717) is 45.0 Å². The van der Waals surface area contributed by atoms with Crippen molar-refractivity contribution in [3.8, 4) is 0 Å². The van der Waals surface area contributed by atoms with Crippen LogP contribution >= 0.6 is 0 Å². The highest BCUT2D eigenvalue weighted by atomic mass is 16.5. The normalized spacial score (nSPS) is 13.9. The Morgan fingerprint density at radius 2 is 1.37 bits per heavy atom. The lowest BCUT2D eigenvalue weighted by molar-refractivity contribution is -0.153. The van der Waals surface area contributed by atoms with Crippen molar-refractivity contribution in [3.05, 3.63) is 24.3 Å². The van der Waals surface area contributed by atoms with Gasteiger partial charge in [-0.25, -0.2) is 0 Å². The maximum absolute atomic E-state index is 13.1. The highest BCUT2D eigenvalue weighted by Gasteiger charge is 2.35. The minimum atomic E-state index is -0.360. The van der Waals surface area contributed by atoms with Crippen molar-refractivity contribution in [2.45, 2.75) is 99.7 Å². The van der Waals surface area contributed by atoms with Crippen LogP contribution in [-0.4, -0.2) is 61.8 Å². The van der Waals surface area contributed by atoms with Crippen LogP contribution in [0.4, 0.5) is 11.4 Å². The molecule has 38 heavy (non-hydrogen) atoms. The van der Waals surface area contributed by atoms with Gasteiger partial charge in [-0.15, -0.1) is 0 Å². The molecule has 0 saturated heterocycles. The summed E-state index contributed by atoms with van der Waals surface area (Å²) in [6.45, 7) is 23.6. The van der Waals surface area contributed by atoms with Crippen molar-refractivity contribution in [1.82, 2.24) is 0 Å². The molecule has 1 rings (SSSR count). The molecule has 1 atom stereocenters. The van der Waals surface area contributed by atoms with Crippen LogP contribution in [0, 0.1) is 16.7 Å².